The summed E-state index contributed by atoms with van der Waals surface area (Å²) >= 11 is 3.37. The van der Waals surface area contributed by atoms with E-state index in [2.05, 4.69) is 21.2 Å². The average molecular weight is 341 g/mol. The van der Waals surface area contributed by atoms with E-state index < -0.39 is 0 Å². The van der Waals surface area contributed by atoms with E-state index in [9.17, 15) is 10.1 Å². The lowest BCUT2D eigenvalue weighted by molar-refractivity contribution is -0.384. The quantitative estimate of drug-likeness (QED) is 0.610. The number of nitrogens with one attached hydrogen (secondary N) is 1. The molecule has 0 amide bonds. The van der Waals surface area contributed by atoms with E-state index >= 15 is 0 Å². The first kappa shape index (κ1) is 15.3. The lowest BCUT2D eigenvalue weighted by Gasteiger charge is -2.20. The molecule has 1 N–H and O–H groups in total. The minimum Gasteiger partial charge on any atom is -0.379 e. The monoisotopic (exact) mass is 340 g/mol. The van der Waals surface area contributed by atoms with Crippen molar-refractivity contribution in [2.45, 2.75) is 44.9 Å². The van der Waals surface area contributed by atoms with Gasteiger partial charge in [-0.2, -0.15) is 0 Å². The van der Waals surface area contributed by atoms with Crippen LogP contribution >= 0.6 is 15.9 Å². The molecule has 110 valence electrons. The van der Waals surface area contributed by atoms with Crippen LogP contribution in [0.4, 0.5) is 11.4 Å². The zero-order valence-corrected chi connectivity index (χ0v) is 13.2. The largest absolute Gasteiger partial charge is 0.379 e. The maximum atomic E-state index is 11.0. The predicted molar refractivity (Wildman–Crippen MR) is 85.1 cm³/mol. The number of anilines is 1. The van der Waals surface area contributed by atoms with Crippen molar-refractivity contribution in [3.05, 3.63) is 32.8 Å². The van der Waals surface area contributed by atoms with Crippen LogP contribution in [0.25, 0.3) is 0 Å². The fourth-order valence-electron chi connectivity index (χ4n) is 2.81. The zero-order valence-electron chi connectivity index (χ0n) is 11.6. The summed E-state index contributed by atoms with van der Waals surface area (Å²) < 4.78 is 0.864. The van der Waals surface area contributed by atoms with Crippen LogP contribution in [0.15, 0.2) is 22.7 Å². The smallest absolute Gasteiger partial charge is 0.292 e. The summed E-state index contributed by atoms with van der Waals surface area (Å²) in [5, 5.41) is 14.3. The van der Waals surface area contributed by atoms with Crippen LogP contribution in [-0.4, -0.2) is 11.5 Å². The number of benzene rings is 1. The third kappa shape index (κ3) is 4.47. The molecule has 20 heavy (non-hydrogen) atoms. The third-order valence-corrected chi connectivity index (χ3v) is 4.45. The Balaban J connectivity index is 1.98. The summed E-state index contributed by atoms with van der Waals surface area (Å²) in [7, 11) is 0. The van der Waals surface area contributed by atoms with Crippen LogP contribution in [0.3, 0.4) is 0 Å². The molecule has 0 spiro atoms. The molecule has 0 heterocycles. The van der Waals surface area contributed by atoms with E-state index in [0.717, 1.165) is 11.0 Å². The summed E-state index contributed by atoms with van der Waals surface area (Å²) in [5.41, 5.74) is 0.769. The highest BCUT2D eigenvalue weighted by molar-refractivity contribution is 9.10. The minimum absolute atomic E-state index is 0.152. The standard InChI is InChI=1S/C15H21BrN2O2/c16-13-8-9-15(18(19)20)14(10-13)17-11-12-6-4-2-1-3-5-7-12/h8-10,12,17H,1-7,11H2. The highest BCUT2D eigenvalue weighted by Gasteiger charge is 2.16. The van der Waals surface area contributed by atoms with Crippen LogP contribution in [0.5, 0.6) is 0 Å². The Morgan fingerprint density at radius 1 is 1.20 bits per heavy atom. The molecule has 0 aliphatic heterocycles. The molecule has 1 aromatic rings. The van der Waals surface area contributed by atoms with E-state index in [1.54, 1.807) is 18.2 Å². The molecule has 4 nitrogen and oxygen atoms in total. The Bertz CT molecular complexity index is 457. The van der Waals surface area contributed by atoms with Gasteiger partial charge in [0.1, 0.15) is 5.69 Å². The molecule has 0 aromatic heterocycles. The summed E-state index contributed by atoms with van der Waals surface area (Å²) in [4.78, 5) is 10.7. The van der Waals surface area contributed by atoms with E-state index in [-0.39, 0.29) is 10.6 Å². The molecular weight excluding hydrogens is 320 g/mol. The van der Waals surface area contributed by atoms with Crippen molar-refractivity contribution in [2.24, 2.45) is 5.92 Å². The number of rotatable bonds is 4. The van der Waals surface area contributed by atoms with Crippen LogP contribution < -0.4 is 5.32 Å². The van der Waals surface area contributed by atoms with Crippen molar-refractivity contribution in [3.8, 4) is 0 Å². The molecular formula is C15H21BrN2O2. The van der Waals surface area contributed by atoms with Gasteiger partial charge in [0.25, 0.3) is 5.69 Å². The molecule has 0 saturated heterocycles. The molecule has 1 aliphatic rings. The molecule has 0 unspecified atom stereocenters. The second-order valence-electron chi connectivity index (χ2n) is 5.51. The van der Waals surface area contributed by atoms with E-state index in [0.29, 0.717) is 11.6 Å². The first-order valence-electron chi connectivity index (χ1n) is 7.34. The van der Waals surface area contributed by atoms with Crippen LogP contribution in [0.1, 0.15) is 44.9 Å². The Kier molecular flexibility index (Phi) is 5.83. The predicted octanol–water partition coefficient (Wildman–Crippen LogP) is 5.13. The summed E-state index contributed by atoms with van der Waals surface area (Å²) in [5.74, 6) is 0.633. The van der Waals surface area contributed by atoms with Gasteiger partial charge in [0.15, 0.2) is 0 Å². The Labute approximate surface area is 128 Å². The van der Waals surface area contributed by atoms with Crippen molar-refractivity contribution in [1.82, 2.24) is 0 Å². The number of nitro benzene ring substituents is 1. The molecule has 0 radical (unpaired) electrons. The Hall–Kier alpha value is -1.10. The molecule has 1 fully saturated rings. The van der Waals surface area contributed by atoms with E-state index in [4.69, 9.17) is 0 Å². The third-order valence-electron chi connectivity index (χ3n) is 3.96. The zero-order chi connectivity index (χ0) is 14.4. The Morgan fingerprint density at radius 3 is 2.50 bits per heavy atom. The average Bonchev–Trinajstić information content (AvgIpc) is 2.37. The van der Waals surface area contributed by atoms with Crippen LogP contribution in [0, 0.1) is 16.0 Å². The van der Waals surface area contributed by atoms with Gasteiger partial charge in [0.2, 0.25) is 0 Å². The highest BCUT2D eigenvalue weighted by atomic mass is 79.9. The molecule has 5 heteroatoms. The van der Waals surface area contributed by atoms with E-state index in [1.807, 2.05) is 0 Å². The van der Waals surface area contributed by atoms with Gasteiger partial charge >= 0.3 is 0 Å². The molecule has 0 atom stereocenters. The number of halogens is 1. The fraction of sp³-hybridized carbons (Fsp3) is 0.600. The van der Waals surface area contributed by atoms with Crippen molar-refractivity contribution >= 4 is 27.3 Å². The van der Waals surface area contributed by atoms with Gasteiger partial charge in [-0.3, -0.25) is 10.1 Å². The SMILES string of the molecule is O=[N+]([O-])c1ccc(Br)cc1NCC1CCCCCCC1. The number of hydrogen-bond acceptors (Lipinski definition) is 3. The van der Waals surface area contributed by atoms with Crippen molar-refractivity contribution in [3.63, 3.8) is 0 Å². The van der Waals surface area contributed by atoms with Crippen molar-refractivity contribution < 1.29 is 4.92 Å². The summed E-state index contributed by atoms with van der Waals surface area (Å²) in [6, 6.07) is 5.05. The Morgan fingerprint density at radius 2 is 1.85 bits per heavy atom. The van der Waals surface area contributed by atoms with Crippen molar-refractivity contribution in [2.75, 3.05) is 11.9 Å². The van der Waals surface area contributed by atoms with Gasteiger partial charge in [0, 0.05) is 17.1 Å². The number of nitrogens with zero attached hydrogens (tertiary/aromatic N) is 1. The minimum atomic E-state index is -0.326. The first-order valence-corrected chi connectivity index (χ1v) is 8.14. The number of hydrogen-bond donors (Lipinski definition) is 1. The normalized spacial score (nSPS) is 17.2. The van der Waals surface area contributed by atoms with Gasteiger partial charge in [-0.05, 0) is 30.9 Å². The van der Waals surface area contributed by atoms with Gasteiger partial charge in [0.05, 0.1) is 4.92 Å². The molecule has 2 rings (SSSR count). The van der Waals surface area contributed by atoms with Gasteiger partial charge < -0.3 is 5.32 Å². The molecule has 1 saturated carbocycles. The second-order valence-corrected chi connectivity index (χ2v) is 6.43. The van der Waals surface area contributed by atoms with E-state index in [1.165, 1.54) is 44.9 Å². The topological polar surface area (TPSA) is 55.2 Å². The summed E-state index contributed by atoms with van der Waals surface area (Å²) in [6.45, 7) is 0.831. The maximum Gasteiger partial charge on any atom is 0.292 e. The van der Waals surface area contributed by atoms with Gasteiger partial charge in [-0.1, -0.05) is 48.0 Å². The van der Waals surface area contributed by atoms with Crippen molar-refractivity contribution in [1.29, 1.82) is 0 Å². The lowest BCUT2D eigenvalue weighted by atomic mass is 9.91. The van der Waals surface area contributed by atoms with Crippen LogP contribution in [0.2, 0.25) is 0 Å². The second kappa shape index (κ2) is 7.62. The maximum absolute atomic E-state index is 11.0. The molecule has 1 aliphatic carbocycles. The first-order chi connectivity index (χ1) is 9.66. The molecule has 0 bridgehead atoms. The van der Waals surface area contributed by atoms with Gasteiger partial charge in [-0.15, -0.1) is 0 Å². The van der Waals surface area contributed by atoms with Crippen LogP contribution in [-0.2, 0) is 0 Å². The van der Waals surface area contributed by atoms with Gasteiger partial charge in [-0.25, -0.2) is 0 Å². The lowest BCUT2D eigenvalue weighted by Crippen LogP contribution is -2.16. The number of nitro groups is 1. The summed E-state index contributed by atoms with van der Waals surface area (Å²) in [6.07, 6.45) is 9.04. The molecule has 1 aromatic carbocycles. The fourth-order valence-corrected chi connectivity index (χ4v) is 3.17. The highest BCUT2D eigenvalue weighted by Crippen LogP contribution is 2.29.